The molecule has 3 heteroatoms. The van der Waals surface area contributed by atoms with Gasteiger partial charge in [0.25, 0.3) is 0 Å². The van der Waals surface area contributed by atoms with Crippen molar-refractivity contribution in [2.24, 2.45) is 0 Å². The molecule has 0 bridgehead atoms. The highest BCUT2D eigenvalue weighted by atomic mass is 15.2. The van der Waals surface area contributed by atoms with Crippen LogP contribution in [0.5, 0.6) is 0 Å². The predicted octanol–water partition coefficient (Wildman–Crippen LogP) is 3.50. The van der Waals surface area contributed by atoms with E-state index in [-0.39, 0.29) is 6.04 Å². The van der Waals surface area contributed by atoms with Gasteiger partial charge in [-0.25, -0.2) is 0 Å². The Morgan fingerprint density at radius 3 is 2.81 bits per heavy atom. The zero-order chi connectivity index (χ0) is 14.9. The summed E-state index contributed by atoms with van der Waals surface area (Å²) in [4.78, 5) is 2.52. The van der Waals surface area contributed by atoms with Crippen LogP contribution in [0, 0.1) is 11.3 Å². The zero-order valence-electron chi connectivity index (χ0n) is 13.1. The Kier molecular flexibility index (Phi) is 6.72. The quantitative estimate of drug-likeness (QED) is 0.794. The van der Waals surface area contributed by atoms with Gasteiger partial charge in [0.2, 0.25) is 0 Å². The third-order valence-corrected chi connectivity index (χ3v) is 4.33. The summed E-state index contributed by atoms with van der Waals surface area (Å²) in [6, 6.07) is 13.7. The number of nitrogens with zero attached hydrogens (tertiary/aromatic N) is 2. The summed E-state index contributed by atoms with van der Waals surface area (Å²) in [7, 11) is 0. The molecule has 2 rings (SSSR count). The van der Waals surface area contributed by atoms with Gasteiger partial charge in [0, 0.05) is 18.6 Å². The molecule has 0 amide bonds. The molecule has 0 radical (unpaired) electrons. The van der Waals surface area contributed by atoms with Crippen LogP contribution in [0.4, 0.5) is 0 Å². The molecule has 1 saturated heterocycles. The van der Waals surface area contributed by atoms with E-state index in [0.29, 0.717) is 12.5 Å². The molecule has 1 aliphatic rings. The van der Waals surface area contributed by atoms with Gasteiger partial charge in [-0.05, 0) is 37.9 Å². The first-order valence-electron chi connectivity index (χ1n) is 8.24. The average Bonchev–Trinajstić information content (AvgIpc) is 3.03. The van der Waals surface area contributed by atoms with Crippen LogP contribution in [-0.4, -0.2) is 30.6 Å². The van der Waals surface area contributed by atoms with Crippen molar-refractivity contribution >= 4 is 0 Å². The summed E-state index contributed by atoms with van der Waals surface area (Å²) in [5, 5.41) is 12.8. The van der Waals surface area contributed by atoms with Crippen molar-refractivity contribution in [2.45, 2.75) is 51.1 Å². The number of benzene rings is 1. The normalized spacial score (nSPS) is 19.6. The van der Waals surface area contributed by atoms with Crippen LogP contribution in [0.1, 0.15) is 50.6 Å². The number of hydrogen-bond acceptors (Lipinski definition) is 3. The van der Waals surface area contributed by atoms with Crippen LogP contribution in [0.15, 0.2) is 30.3 Å². The first kappa shape index (κ1) is 16.0. The number of nitrogens with one attached hydrogen (secondary N) is 1. The van der Waals surface area contributed by atoms with Gasteiger partial charge in [-0.3, -0.25) is 4.90 Å². The molecule has 1 heterocycles. The standard InChI is InChI=1S/C18H27N3/c1-2-3-14-21(15-17-10-7-13-20-17)18(11-12-19)16-8-5-4-6-9-16/h4-6,8-9,17-18,20H,2-3,7,10-11,13-15H2,1H3. The zero-order valence-corrected chi connectivity index (χ0v) is 13.1. The monoisotopic (exact) mass is 285 g/mol. The lowest BCUT2D eigenvalue weighted by atomic mass is 10.0. The Bertz CT molecular complexity index is 432. The van der Waals surface area contributed by atoms with E-state index in [1.54, 1.807) is 0 Å². The van der Waals surface area contributed by atoms with E-state index in [2.05, 4.69) is 47.5 Å². The smallest absolute Gasteiger partial charge is 0.0641 e. The van der Waals surface area contributed by atoms with Crippen LogP contribution in [0.2, 0.25) is 0 Å². The number of unbranched alkanes of at least 4 members (excludes halogenated alkanes) is 1. The molecule has 21 heavy (non-hydrogen) atoms. The van der Waals surface area contributed by atoms with Gasteiger partial charge >= 0.3 is 0 Å². The molecule has 114 valence electrons. The molecule has 0 aliphatic carbocycles. The molecule has 0 spiro atoms. The number of nitriles is 1. The summed E-state index contributed by atoms with van der Waals surface area (Å²) in [6.45, 7) is 5.51. The molecule has 2 unspecified atom stereocenters. The third-order valence-electron chi connectivity index (χ3n) is 4.33. The molecule has 2 atom stereocenters. The van der Waals surface area contributed by atoms with E-state index in [1.807, 2.05) is 6.07 Å². The Morgan fingerprint density at radius 1 is 1.38 bits per heavy atom. The van der Waals surface area contributed by atoms with Crippen molar-refractivity contribution in [3.8, 4) is 6.07 Å². The van der Waals surface area contributed by atoms with E-state index in [9.17, 15) is 5.26 Å². The molecular formula is C18H27N3. The summed E-state index contributed by atoms with van der Waals surface area (Å²) in [5.41, 5.74) is 1.27. The van der Waals surface area contributed by atoms with E-state index in [1.165, 1.54) is 31.2 Å². The first-order chi connectivity index (χ1) is 10.3. The van der Waals surface area contributed by atoms with Crippen molar-refractivity contribution in [2.75, 3.05) is 19.6 Å². The summed E-state index contributed by atoms with van der Waals surface area (Å²) in [6.07, 6.45) is 5.50. The van der Waals surface area contributed by atoms with Crippen molar-refractivity contribution < 1.29 is 0 Å². The van der Waals surface area contributed by atoms with E-state index in [0.717, 1.165) is 19.6 Å². The fourth-order valence-electron chi connectivity index (χ4n) is 3.15. The fraction of sp³-hybridized carbons (Fsp3) is 0.611. The number of rotatable bonds is 8. The fourth-order valence-corrected chi connectivity index (χ4v) is 3.15. The molecular weight excluding hydrogens is 258 g/mol. The van der Waals surface area contributed by atoms with E-state index in [4.69, 9.17) is 0 Å². The third kappa shape index (κ3) is 4.84. The maximum atomic E-state index is 9.24. The van der Waals surface area contributed by atoms with Crippen molar-refractivity contribution in [3.63, 3.8) is 0 Å². The molecule has 0 aromatic heterocycles. The maximum Gasteiger partial charge on any atom is 0.0641 e. The van der Waals surface area contributed by atoms with Crippen molar-refractivity contribution in [1.82, 2.24) is 10.2 Å². The van der Waals surface area contributed by atoms with Gasteiger partial charge in [0.15, 0.2) is 0 Å². The highest BCUT2D eigenvalue weighted by Gasteiger charge is 2.24. The Hall–Kier alpha value is -1.37. The Labute approximate surface area is 129 Å². The molecule has 1 N–H and O–H groups in total. The lowest BCUT2D eigenvalue weighted by Gasteiger charge is -2.33. The largest absolute Gasteiger partial charge is 0.313 e. The summed E-state index contributed by atoms with van der Waals surface area (Å²) < 4.78 is 0. The summed E-state index contributed by atoms with van der Waals surface area (Å²) >= 11 is 0. The number of hydrogen-bond donors (Lipinski definition) is 1. The van der Waals surface area contributed by atoms with Crippen LogP contribution in [-0.2, 0) is 0 Å². The van der Waals surface area contributed by atoms with Crippen LogP contribution in [0.25, 0.3) is 0 Å². The van der Waals surface area contributed by atoms with Crippen molar-refractivity contribution in [3.05, 3.63) is 35.9 Å². The average molecular weight is 285 g/mol. The van der Waals surface area contributed by atoms with Crippen LogP contribution >= 0.6 is 0 Å². The van der Waals surface area contributed by atoms with Crippen molar-refractivity contribution in [1.29, 1.82) is 5.26 Å². The lowest BCUT2D eigenvalue weighted by Crippen LogP contribution is -2.40. The van der Waals surface area contributed by atoms with Gasteiger partial charge in [0.05, 0.1) is 12.5 Å². The highest BCUT2D eigenvalue weighted by Crippen LogP contribution is 2.25. The Balaban J connectivity index is 2.11. The SMILES string of the molecule is CCCCN(CC1CCCN1)C(CC#N)c1ccccc1. The predicted molar refractivity (Wildman–Crippen MR) is 86.9 cm³/mol. The minimum Gasteiger partial charge on any atom is -0.313 e. The molecule has 1 aromatic rings. The topological polar surface area (TPSA) is 39.1 Å². The molecule has 3 nitrogen and oxygen atoms in total. The first-order valence-corrected chi connectivity index (χ1v) is 8.24. The highest BCUT2D eigenvalue weighted by molar-refractivity contribution is 5.20. The lowest BCUT2D eigenvalue weighted by molar-refractivity contribution is 0.179. The summed E-state index contributed by atoms with van der Waals surface area (Å²) in [5.74, 6) is 0. The van der Waals surface area contributed by atoms with Gasteiger partial charge in [-0.15, -0.1) is 0 Å². The van der Waals surface area contributed by atoms with Gasteiger partial charge in [-0.1, -0.05) is 43.7 Å². The van der Waals surface area contributed by atoms with Gasteiger partial charge in [0.1, 0.15) is 0 Å². The second kappa shape index (κ2) is 8.81. The van der Waals surface area contributed by atoms with Crippen LogP contribution in [0.3, 0.4) is 0 Å². The molecule has 1 fully saturated rings. The van der Waals surface area contributed by atoms with E-state index < -0.39 is 0 Å². The molecule has 1 aromatic carbocycles. The minimum absolute atomic E-state index is 0.227. The molecule has 0 saturated carbocycles. The van der Waals surface area contributed by atoms with Gasteiger partial charge < -0.3 is 5.32 Å². The Morgan fingerprint density at radius 2 is 2.19 bits per heavy atom. The second-order valence-corrected chi connectivity index (χ2v) is 5.93. The molecule has 1 aliphatic heterocycles. The minimum atomic E-state index is 0.227. The van der Waals surface area contributed by atoms with E-state index >= 15 is 0 Å². The van der Waals surface area contributed by atoms with Crippen LogP contribution < -0.4 is 5.32 Å². The second-order valence-electron chi connectivity index (χ2n) is 5.93. The maximum absolute atomic E-state index is 9.24. The van der Waals surface area contributed by atoms with Gasteiger partial charge in [-0.2, -0.15) is 5.26 Å².